The number of fused-ring (bicyclic) bond motifs is 4. The summed E-state index contributed by atoms with van der Waals surface area (Å²) in [5.74, 6) is -0.701. The van der Waals surface area contributed by atoms with Crippen molar-refractivity contribution in [3.63, 3.8) is 0 Å². The highest BCUT2D eigenvalue weighted by molar-refractivity contribution is 6.30. The third-order valence-electron chi connectivity index (χ3n) is 7.62. The van der Waals surface area contributed by atoms with Gasteiger partial charge in [-0.1, -0.05) is 42.3 Å². The van der Waals surface area contributed by atoms with Gasteiger partial charge in [0.25, 0.3) is 5.56 Å². The van der Waals surface area contributed by atoms with Gasteiger partial charge in [0.1, 0.15) is 5.69 Å². The van der Waals surface area contributed by atoms with E-state index in [1.54, 1.807) is 48.9 Å². The van der Waals surface area contributed by atoms with Crippen molar-refractivity contribution in [2.24, 2.45) is 13.0 Å². The van der Waals surface area contributed by atoms with E-state index in [4.69, 9.17) is 16.3 Å². The minimum atomic E-state index is -0.650. The van der Waals surface area contributed by atoms with Crippen LogP contribution in [-0.2, 0) is 16.6 Å². The number of anilines is 3. The van der Waals surface area contributed by atoms with Gasteiger partial charge in [0, 0.05) is 36.0 Å². The number of ether oxygens (including phenoxy) is 1. The van der Waals surface area contributed by atoms with E-state index in [0.29, 0.717) is 59.0 Å². The number of benzene rings is 2. The first kappa shape index (κ1) is 29.8. The van der Waals surface area contributed by atoms with Gasteiger partial charge in [0.05, 0.1) is 29.6 Å². The Balaban J connectivity index is 1.59. The molecule has 0 radical (unpaired) electrons. The van der Waals surface area contributed by atoms with Crippen LogP contribution in [0.4, 0.5) is 26.4 Å². The molecule has 0 saturated heterocycles. The highest BCUT2D eigenvalue weighted by Crippen LogP contribution is 2.35. The molecular weight excluding hydrogens is 577 g/mol. The summed E-state index contributed by atoms with van der Waals surface area (Å²) < 4.78 is 22.4. The first-order valence-corrected chi connectivity index (χ1v) is 14.1. The van der Waals surface area contributed by atoms with Gasteiger partial charge in [-0.05, 0) is 55.7 Å². The SMILES string of the molecule is COC(=O)Nc1ccc2c(c1)NC(=O)[C@H](C)CCC[C@H](Nc1nnn(-c3cccc(Cl)c3F)c1C)c1cc-2cc(=O)n1C. The number of hydrogen-bond acceptors (Lipinski definition) is 7. The van der Waals surface area contributed by atoms with Crippen LogP contribution in [0.2, 0.25) is 5.02 Å². The Labute approximate surface area is 252 Å². The van der Waals surface area contributed by atoms with E-state index in [9.17, 15) is 18.8 Å². The third kappa shape index (κ3) is 6.09. The van der Waals surface area contributed by atoms with Gasteiger partial charge in [-0.3, -0.25) is 14.9 Å². The quantitative estimate of drug-likeness (QED) is 0.266. The summed E-state index contributed by atoms with van der Waals surface area (Å²) in [7, 11) is 2.96. The number of methoxy groups -OCH3 is 1. The van der Waals surface area contributed by atoms with Crippen molar-refractivity contribution in [1.82, 2.24) is 19.6 Å². The number of nitrogens with one attached hydrogen (secondary N) is 3. The maximum atomic E-state index is 14.8. The average molecular weight is 608 g/mol. The van der Waals surface area contributed by atoms with Crippen LogP contribution in [0.25, 0.3) is 16.8 Å². The van der Waals surface area contributed by atoms with Crippen LogP contribution in [0.15, 0.2) is 53.3 Å². The zero-order valence-electron chi connectivity index (χ0n) is 24.1. The number of halogens is 2. The average Bonchev–Trinajstić information content (AvgIpc) is 3.34. The van der Waals surface area contributed by atoms with Gasteiger partial charge in [-0.2, -0.15) is 0 Å². The van der Waals surface area contributed by atoms with Crippen LogP contribution >= 0.6 is 11.6 Å². The molecule has 0 aliphatic carbocycles. The molecule has 1 aliphatic rings. The number of nitrogens with zero attached hydrogens (tertiary/aromatic N) is 4. The summed E-state index contributed by atoms with van der Waals surface area (Å²) in [5, 5.41) is 17.4. The summed E-state index contributed by atoms with van der Waals surface area (Å²) in [6.07, 6.45) is 1.15. The molecule has 1 aliphatic heterocycles. The summed E-state index contributed by atoms with van der Waals surface area (Å²) in [6, 6.07) is 12.7. The predicted molar refractivity (Wildman–Crippen MR) is 162 cm³/mol. The third-order valence-corrected chi connectivity index (χ3v) is 7.91. The Morgan fingerprint density at radius 2 is 1.95 bits per heavy atom. The summed E-state index contributed by atoms with van der Waals surface area (Å²) >= 11 is 5.99. The number of pyridine rings is 1. The van der Waals surface area contributed by atoms with E-state index in [0.717, 1.165) is 0 Å². The van der Waals surface area contributed by atoms with Crippen LogP contribution in [0.3, 0.4) is 0 Å². The number of carbonyl (C=O) groups excluding carboxylic acids is 2. The molecule has 224 valence electrons. The molecule has 2 atom stereocenters. The molecule has 0 spiro atoms. The van der Waals surface area contributed by atoms with Crippen LogP contribution in [0, 0.1) is 18.7 Å². The fourth-order valence-electron chi connectivity index (χ4n) is 5.11. The number of amides is 2. The maximum Gasteiger partial charge on any atom is 0.411 e. The lowest BCUT2D eigenvalue weighted by Crippen LogP contribution is -2.26. The van der Waals surface area contributed by atoms with Crippen molar-refractivity contribution >= 4 is 40.8 Å². The van der Waals surface area contributed by atoms with Crippen molar-refractivity contribution in [2.45, 2.75) is 39.2 Å². The largest absolute Gasteiger partial charge is 0.453 e. The molecule has 43 heavy (non-hydrogen) atoms. The van der Waals surface area contributed by atoms with Crippen molar-refractivity contribution in [1.29, 1.82) is 0 Å². The first-order chi connectivity index (χ1) is 20.6. The predicted octanol–water partition coefficient (Wildman–Crippen LogP) is 5.82. The molecule has 3 heterocycles. The second kappa shape index (κ2) is 12.3. The van der Waals surface area contributed by atoms with Gasteiger partial charge in [-0.15, -0.1) is 5.10 Å². The molecule has 2 aromatic carbocycles. The van der Waals surface area contributed by atoms with E-state index in [2.05, 4.69) is 26.3 Å². The molecule has 0 unspecified atom stereocenters. The van der Waals surface area contributed by atoms with E-state index in [1.807, 2.05) is 13.0 Å². The lowest BCUT2D eigenvalue weighted by molar-refractivity contribution is -0.119. The van der Waals surface area contributed by atoms with Crippen molar-refractivity contribution in [2.75, 3.05) is 23.1 Å². The van der Waals surface area contributed by atoms with Crippen molar-refractivity contribution in [3.05, 3.63) is 81.1 Å². The summed E-state index contributed by atoms with van der Waals surface area (Å²) in [4.78, 5) is 38.2. The van der Waals surface area contributed by atoms with E-state index < -0.39 is 18.0 Å². The minimum Gasteiger partial charge on any atom is -0.453 e. The monoisotopic (exact) mass is 607 g/mol. The van der Waals surface area contributed by atoms with Gasteiger partial charge >= 0.3 is 6.09 Å². The van der Waals surface area contributed by atoms with Gasteiger partial charge in [0.15, 0.2) is 11.6 Å². The normalized spacial score (nSPS) is 16.7. The van der Waals surface area contributed by atoms with Crippen LogP contribution in [0.5, 0.6) is 0 Å². The molecule has 2 bridgehead atoms. The Morgan fingerprint density at radius 3 is 2.72 bits per heavy atom. The van der Waals surface area contributed by atoms with Gasteiger partial charge < -0.3 is 19.9 Å². The van der Waals surface area contributed by atoms with E-state index in [1.165, 1.54) is 23.9 Å². The van der Waals surface area contributed by atoms with Crippen molar-refractivity contribution in [3.8, 4) is 16.8 Å². The standard InChI is InChI=1S/C30H31ClFN7O4/c1-16-7-5-9-22(34-28-17(2)39(37-36-28)24-10-6-8-21(31)27(24)32)25-13-18(14-26(40)38(25)3)20-12-11-19(33-30(42)43-4)15-23(20)35-29(16)41/h6,8,10-16,22,34H,5,7,9H2,1-4H3,(H,33,42)(H,35,41)/t16-,22+/m1/s1. The van der Waals surface area contributed by atoms with E-state index in [-0.39, 0.29) is 28.1 Å². The zero-order chi connectivity index (χ0) is 30.8. The number of rotatable bonds is 4. The Hall–Kier alpha value is -4.71. The topological polar surface area (TPSA) is 132 Å². The van der Waals surface area contributed by atoms with Crippen LogP contribution in [0.1, 0.15) is 43.6 Å². The summed E-state index contributed by atoms with van der Waals surface area (Å²) in [6.45, 7) is 3.61. The first-order valence-electron chi connectivity index (χ1n) is 13.7. The smallest absolute Gasteiger partial charge is 0.411 e. The highest BCUT2D eigenvalue weighted by atomic mass is 35.5. The molecule has 2 aromatic heterocycles. The number of aromatic nitrogens is 4. The molecule has 13 heteroatoms. The Bertz CT molecular complexity index is 1770. The Morgan fingerprint density at radius 1 is 1.16 bits per heavy atom. The van der Waals surface area contributed by atoms with Crippen LogP contribution in [-0.4, -0.2) is 38.7 Å². The minimum absolute atomic E-state index is 0.0281. The van der Waals surface area contributed by atoms with Gasteiger partial charge in [0.2, 0.25) is 5.91 Å². The molecule has 11 nitrogen and oxygen atoms in total. The lowest BCUT2D eigenvalue weighted by Gasteiger charge is -2.25. The van der Waals surface area contributed by atoms with Crippen molar-refractivity contribution < 1.29 is 18.7 Å². The zero-order valence-corrected chi connectivity index (χ0v) is 24.8. The van der Waals surface area contributed by atoms with Crippen LogP contribution < -0.4 is 21.5 Å². The fourth-order valence-corrected chi connectivity index (χ4v) is 5.28. The van der Waals surface area contributed by atoms with E-state index >= 15 is 0 Å². The summed E-state index contributed by atoms with van der Waals surface area (Å²) in [5.41, 5.74) is 3.20. The molecule has 5 rings (SSSR count). The fraction of sp³-hybridized carbons (Fsp3) is 0.300. The van der Waals surface area contributed by atoms with Gasteiger partial charge in [-0.25, -0.2) is 13.9 Å². The molecule has 0 fully saturated rings. The number of hydrogen-bond donors (Lipinski definition) is 3. The Kier molecular flexibility index (Phi) is 8.49. The molecule has 3 N–H and O–H groups in total. The lowest BCUT2D eigenvalue weighted by atomic mass is 9.95. The maximum absolute atomic E-state index is 14.8. The highest BCUT2D eigenvalue weighted by Gasteiger charge is 2.24. The second-order valence-electron chi connectivity index (χ2n) is 10.5. The molecule has 0 saturated carbocycles. The molecule has 4 aromatic rings. The number of carbonyl (C=O) groups is 2. The molecule has 2 amide bonds. The second-order valence-corrected chi connectivity index (χ2v) is 10.9. The molecular formula is C30H31ClFN7O4.